The lowest BCUT2D eigenvalue weighted by molar-refractivity contribution is 0.845. The maximum absolute atomic E-state index is 4.00. The third-order valence-corrected chi connectivity index (χ3v) is 2.80. The molecule has 0 amide bonds. The Hall–Kier alpha value is -1.24. The lowest BCUT2D eigenvalue weighted by Crippen LogP contribution is -2.11. The monoisotopic (exact) mass is 187 g/mol. The number of hydrogen-bond donors (Lipinski definition) is 1. The zero-order valence-corrected chi connectivity index (χ0v) is 8.93. The summed E-state index contributed by atoms with van der Waals surface area (Å²) in [5.41, 5.74) is 5.29. The maximum Gasteiger partial charge on any atom is 0.0449 e. The molecule has 1 heterocycles. The molecule has 0 bridgehead atoms. The summed E-state index contributed by atoms with van der Waals surface area (Å²) < 4.78 is 0. The molecule has 0 spiro atoms. The third kappa shape index (κ3) is 1.54. The Bertz CT molecular complexity index is 363. The molecule has 1 aliphatic rings. The van der Waals surface area contributed by atoms with Crippen LogP contribution >= 0.6 is 0 Å². The highest BCUT2D eigenvalue weighted by Gasteiger charge is 2.15. The molecule has 1 aromatic rings. The van der Waals surface area contributed by atoms with Gasteiger partial charge in [-0.2, -0.15) is 0 Å². The van der Waals surface area contributed by atoms with Crippen LogP contribution in [0.1, 0.15) is 37.3 Å². The smallest absolute Gasteiger partial charge is 0.0449 e. The molecule has 74 valence electrons. The Kier molecular flexibility index (Phi) is 2.32. The number of fused-ring (bicyclic) bond motifs is 1. The molecule has 1 N–H and O–H groups in total. The molecule has 0 saturated heterocycles. The maximum atomic E-state index is 4.00. The first-order chi connectivity index (χ1) is 6.68. The van der Waals surface area contributed by atoms with Gasteiger partial charge in [0, 0.05) is 11.4 Å². The fourth-order valence-corrected chi connectivity index (χ4v) is 1.99. The molecule has 0 aliphatic carbocycles. The molecular formula is C13H17N. The van der Waals surface area contributed by atoms with E-state index < -0.39 is 0 Å². The van der Waals surface area contributed by atoms with Crippen LogP contribution in [0.2, 0.25) is 0 Å². The average Bonchev–Trinajstić information content (AvgIpc) is 2.16. The highest BCUT2D eigenvalue weighted by atomic mass is 14.9. The van der Waals surface area contributed by atoms with Crippen LogP contribution in [0.5, 0.6) is 0 Å². The van der Waals surface area contributed by atoms with E-state index in [1.807, 2.05) is 0 Å². The van der Waals surface area contributed by atoms with Gasteiger partial charge in [-0.05, 0) is 29.9 Å². The topological polar surface area (TPSA) is 12.0 Å². The summed E-state index contributed by atoms with van der Waals surface area (Å²) in [5, 5.41) is 3.42. The average molecular weight is 187 g/mol. The molecule has 2 rings (SSSR count). The van der Waals surface area contributed by atoms with Gasteiger partial charge in [-0.25, -0.2) is 0 Å². The van der Waals surface area contributed by atoms with E-state index >= 15 is 0 Å². The van der Waals surface area contributed by atoms with Crippen molar-refractivity contribution in [3.8, 4) is 0 Å². The second kappa shape index (κ2) is 3.49. The van der Waals surface area contributed by atoms with Crippen molar-refractivity contribution >= 4 is 5.69 Å². The van der Waals surface area contributed by atoms with E-state index in [0.717, 1.165) is 18.5 Å². The van der Waals surface area contributed by atoms with E-state index in [9.17, 15) is 0 Å². The Balaban J connectivity index is 2.48. The van der Waals surface area contributed by atoms with Crippen LogP contribution in [0.15, 0.2) is 30.5 Å². The number of nitrogens with one attached hydrogen (secondary N) is 1. The Labute approximate surface area is 85.8 Å². The fourth-order valence-electron chi connectivity index (χ4n) is 1.99. The predicted octanol–water partition coefficient (Wildman–Crippen LogP) is 3.68. The molecule has 0 aromatic heterocycles. The van der Waals surface area contributed by atoms with Gasteiger partial charge in [-0.1, -0.05) is 38.6 Å². The lowest BCUT2D eigenvalue weighted by Gasteiger charge is -2.24. The Morgan fingerprint density at radius 2 is 2.07 bits per heavy atom. The van der Waals surface area contributed by atoms with Crippen molar-refractivity contribution in [1.82, 2.24) is 0 Å². The van der Waals surface area contributed by atoms with Crippen molar-refractivity contribution in [2.75, 3.05) is 5.32 Å². The zero-order valence-electron chi connectivity index (χ0n) is 8.93. The van der Waals surface area contributed by atoms with Gasteiger partial charge in [0.15, 0.2) is 0 Å². The van der Waals surface area contributed by atoms with Gasteiger partial charge in [-0.15, -0.1) is 0 Å². The van der Waals surface area contributed by atoms with E-state index in [0.29, 0.717) is 5.92 Å². The van der Waals surface area contributed by atoms with Gasteiger partial charge in [-0.3, -0.25) is 0 Å². The number of rotatable bonds is 1. The predicted molar refractivity (Wildman–Crippen MR) is 61.6 cm³/mol. The van der Waals surface area contributed by atoms with Crippen LogP contribution in [-0.4, -0.2) is 0 Å². The summed E-state index contributed by atoms with van der Waals surface area (Å²) in [6, 6.07) is 6.57. The molecule has 1 heteroatoms. The molecule has 1 aromatic carbocycles. The van der Waals surface area contributed by atoms with Gasteiger partial charge in [0.25, 0.3) is 0 Å². The molecule has 14 heavy (non-hydrogen) atoms. The highest BCUT2D eigenvalue weighted by Crippen LogP contribution is 2.33. The number of hydrogen-bond acceptors (Lipinski definition) is 1. The van der Waals surface area contributed by atoms with E-state index in [1.165, 1.54) is 16.8 Å². The normalized spacial score (nSPS) is 15.2. The van der Waals surface area contributed by atoms with E-state index in [4.69, 9.17) is 0 Å². The minimum absolute atomic E-state index is 0.573. The third-order valence-electron chi connectivity index (χ3n) is 2.80. The van der Waals surface area contributed by atoms with Crippen molar-refractivity contribution in [2.45, 2.75) is 32.6 Å². The van der Waals surface area contributed by atoms with Gasteiger partial charge in [0.05, 0.1) is 0 Å². The van der Waals surface area contributed by atoms with E-state index in [-0.39, 0.29) is 0 Å². The molecule has 1 aliphatic heterocycles. The Morgan fingerprint density at radius 3 is 2.79 bits per heavy atom. The molecule has 0 fully saturated rings. The van der Waals surface area contributed by atoms with Crippen LogP contribution in [0.25, 0.3) is 0 Å². The zero-order chi connectivity index (χ0) is 10.1. The standard InChI is InChI=1S/C13H17N/c1-9(2)12-6-4-5-11-8-7-10(3)14-13(11)12/h4-6,9,14H,3,7-8H2,1-2H3. The van der Waals surface area contributed by atoms with Crippen molar-refractivity contribution in [3.63, 3.8) is 0 Å². The largest absolute Gasteiger partial charge is 0.359 e. The fraction of sp³-hybridized carbons (Fsp3) is 0.385. The molecule has 0 unspecified atom stereocenters. The Morgan fingerprint density at radius 1 is 1.29 bits per heavy atom. The molecule has 0 saturated carbocycles. The molecule has 0 radical (unpaired) electrons. The molecule has 1 nitrogen and oxygen atoms in total. The minimum Gasteiger partial charge on any atom is -0.359 e. The summed E-state index contributed by atoms with van der Waals surface area (Å²) >= 11 is 0. The van der Waals surface area contributed by atoms with Crippen molar-refractivity contribution in [3.05, 3.63) is 41.6 Å². The number of para-hydroxylation sites is 1. The lowest BCUT2D eigenvalue weighted by atomic mass is 9.93. The van der Waals surface area contributed by atoms with Crippen LogP contribution in [-0.2, 0) is 6.42 Å². The SMILES string of the molecule is C=C1CCc2cccc(C(C)C)c2N1. The second-order valence-corrected chi connectivity index (χ2v) is 4.26. The van der Waals surface area contributed by atoms with Crippen molar-refractivity contribution < 1.29 is 0 Å². The molecular weight excluding hydrogens is 170 g/mol. The number of aryl methyl sites for hydroxylation is 1. The van der Waals surface area contributed by atoms with E-state index in [2.05, 4.69) is 43.9 Å². The van der Waals surface area contributed by atoms with Gasteiger partial charge < -0.3 is 5.32 Å². The number of anilines is 1. The van der Waals surface area contributed by atoms with Crippen LogP contribution < -0.4 is 5.32 Å². The number of benzene rings is 1. The summed E-state index contributed by atoms with van der Waals surface area (Å²) in [6.45, 7) is 8.46. The first kappa shape index (κ1) is 9.32. The number of allylic oxidation sites excluding steroid dienone is 1. The van der Waals surface area contributed by atoms with E-state index in [1.54, 1.807) is 0 Å². The minimum atomic E-state index is 0.573. The van der Waals surface area contributed by atoms with Crippen LogP contribution in [0.3, 0.4) is 0 Å². The molecule has 0 atom stereocenters. The van der Waals surface area contributed by atoms with Gasteiger partial charge >= 0.3 is 0 Å². The first-order valence-corrected chi connectivity index (χ1v) is 5.25. The second-order valence-electron chi connectivity index (χ2n) is 4.26. The summed E-state index contributed by atoms with van der Waals surface area (Å²) in [7, 11) is 0. The van der Waals surface area contributed by atoms with Crippen molar-refractivity contribution in [2.24, 2.45) is 0 Å². The summed E-state index contributed by atoms with van der Waals surface area (Å²) in [5.74, 6) is 0.573. The van der Waals surface area contributed by atoms with Crippen molar-refractivity contribution in [1.29, 1.82) is 0 Å². The first-order valence-electron chi connectivity index (χ1n) is 5.25. The van der Waals surface area contributed by atoms with Crippen LogP contribution in [0, 0.1) is 0 Å². The van der Waals surface area contributed by atoms with Gasteiger partial charge in [0.1, 0.15) is 0 Å². The van der Waals surface area contributed by atoms with Crippen LogP contribution in [0.4, 0.5) is 5.69 Å². The highest BCUT2D eigenvalue weighted by molar-refractivity contribution is 5.63. The van der Waals surface area contributed by atoms with Gasteiger partial charge in [0.2, 0.25) is 0 Å². The quantitative estimate of drug-likeness (QED) is 0.707. The summed E-state index contributed by atoms with van der Waals surface area (Å²) in [6.07, 6.45) is 2.19. The summed E-state index contributed by atoms with van der Waals surface area (Å²) in [4.78, 5) is 0.